The minimum atomic E-state index is -0.125. The first-order valence-electron chi connectivity index (χ1n) is 5.91. The number of carbonyl (C=O) groups is 1. The Balaban J connectivity index is 2.12. The van der Waals surface area contributed by atoms with Gasteiger partial charge < -0.3 is 21.2 Å². The smallest absolute Gasteiger partial charge is 0.251 e. The molecule has 18 heavy (non-hydrogen) atoms. The maximum Gasteiger partial charge on any atom is 0.251 e. The number of anilines is 2. The third-order valence-corrected chi connectivity index (χ3v) is 2.83. The highest BCUT2D eigenvalue weighted by atomic mass is 16.5. The molecule has 1 heterocycles. The molecular weight excluding hydrogens is 232 g/mol. The first-order valence-corrected chi connectivity index (χ1v) is 5.91. The quantitative estimate of drug-likeness (QED) is 0.672. The molecule has 1 aromatic carbocycles. The topological polar surface area (TPSA) is 79.6 Å². The van der Waals surface area contributed by atoms with Crippen LogP contribution in [0.4, 0.5) is 11.4 Å². The van der Waals surface area contributed by atoms with Crippen LogP contribution in [-0.4, -0.2) is 44.3 Å². The van der Waals surface area contributed by atoms with Crippen LogP contribution in [0.1, 0.15) is 10.4 Å². The number of hydrogen-bond acceptors (Lipinski definition) is 5. The molecule has 0 aliphatic carbocycles. The minimum absolute atomic E-state index is 0.125. The number of nitrogen functional groups attached to an aromatic ring is 1. The van der Waals surface area contributed by atoms with Crippen LogP contribution in [0.3, 0.4) is 0 Å². The number of nitrogens with one attached hydrogen (secondary N) is 2. The summed E-state index contributed by atoms with van der Waals surface area (Å²) >= 11 is 0. The molecule has 1 amide bonds. The van der Waals surface area contributed by atoms with Crippen molar-refractivity contribution < 1.29 is 9.53 Å². The van der Waals surface area contributed by atoms with Gasteiger partial charge in [0.2, 0.25) is 0 Å². The third-order valence-electron chi connectivity index (χ3n) is 2.83. The second-order valence-electron chi connectivity index (χ2n) is 4.09. The number of nitrogens with two attached hydrogens (primary N) is 1. The van der Waals surface area contributed by atoms with E-state index in [4.69, 9.17) is 10.5 Å². The summed E-state index contributed by atoms with van der Waals surface area (Å²) in [6.45, 7) is 2.98. The summed E-state index contributed by atoms with van der Waals surface area (Å²) in [6.07, 6.45) is 0. The highest BCUT2D eigenvalue weighted by molar-refractivity contribution is 5.95. The molecule has 0 unspecified atom stereocenters. The van der Waals surface area contributed by atoms with Gasteiger partial charge in [-0.25, -0.2) is 5.01 Å². The largest absolute Gasteiger partial charge is 0.397 e. The van der Waals surface area contributed by atoms with Gasteiger partial charge in [0, 0.05) is 25.7 Å². The van der Waals surface area contributed by atoms with Crippen LogP contribution in [-0.2, 0) is 4.74 Å². The fourth-order valence-electron chi connectivity index (χ4n) is 1.78. The van der Waals surface area contributed by atoms with Gasteiger partial charge >= 0.3 is 0 Å². The summed E-state index contributed by atoms with van der Waals surface area (Å²) in [7, 11) is 1.60. The summed E-state index contributed by atoms with van der Waals surface area (Å²) in [5.74, 6) is -0.125. The van der Waals surface area contributed by atoms with Crippen molar-refractivity contribution in [2.45, 2.75) is 0 Å². The minimum Gasteiger partial charge on any atom is -0.397 e. The van der Waals surface area contributed by atoms with Crippen molar-refractivity contribution in [3.05, 3.63) is 23.8 Å². The lowest BCUT2D eigenvalue weighted by molar-refractivity contribution is 0.0497. The van der Waals surface area contributed by atoms with Crippen molar-refractivity contribution >= 4 is 17.3 Å². The lowest BCUT2D eigenvalue weighted by atomic mass is 10.1. The van der Waals surface area contributed by atoms with Crippen LogP contribution in [0.5, 0.6) is 0 Å². The predicted octanol–water partition coefficient (Wildman–Crippen LogP) is 0.288. The molecule has 4 N–H and O–H groups in total. The van der Waals surface area contributed by atoms with E-state index in [0.717, 1.165) is 18.8 Å². The molecule has 6 nitrogen and oxygen atoms in total. The van der Waals surface area contributed by atoms with Crippen molar-refractivity contribution in [1.82, 2.24) is 10.3 Å². The number of benzene rings is 1. The SMILES string of the molecule is CNC(=O)c1ccc(N)c(NN2CCOCC2)c1. The van der Waals surface area contributed by atoms with Gasteiger partial charge in [0.1, 0.15) is 0 Å². The average Bonchev–Trinajstić information content (AvgIpc) is 2.41. The number of carbonyl (C=O) groups excluding carboxylic acids is 1. The molecule has 0 spiro atoms. The number of nitrogens with zero attached hydrogens (tertiary/aromatic N) is 1. The van der Waals surface area contributed by atoms with E-state index in [1.54, 1.807) is 25.2 Å². The monoisotopic (exact) mass is 250 g/mol. The van der Waals surface area contributed by atoms with Crippen molar-refractivity contribution in [2.75, 3.05) is 44.5 Å². The Hall–Kier alpha value is -1.79. The van der Waals surface area contributed by atoms with Crippen LogP contribution < -0.4 is 16.5 Å². The van der Waals surface area contributed by atoms with E-state index in [1.807, 2.05) is 5.01 Å². The van der Waals surface area contributed by atoms with Gasteiger partial charge in [0.15, 0.2) is 0 Å². The van der Waals surface area contributed by atoms with Gasteiger partial charge in [-0.1, -0.05) is 0 Å². The molecule has 0 saturated carbocycles. The maximum atomic E-state index is 11.6. The van der Waals surface area contributed by atoms with E-state index in [9.17, 15) is 4.79 Å². The van der Waals surface area contributed by atoms with Crippen molar-refractivity contribution in [1.29, 1.82) is 0 Å². The van der Waals surface area contributed by atoms with Gasteiger partial charge in [0.25, 0.3) is 5.91 Å². The fraction of sp³-hybridized carbons (Fsp3) is 0.417. The highest BCUT2D eigenvalue weighted by Gasteiger charge is 2.12. The number of hydrazine groups is 1. The van der Waals surface area contributed by atoms with Crippen LogP contribution in [0.15, 0.2) is 18.2 Å². The second-order valence-corrected chi connectivity index (χ2v) is 4.09. The molecule has 1 aliphatic rings. The molecule has 1 aliphatic heterocycles. The molecule has 98 valence electrons. The molecule has 1 fully saturated rings. The summed E-state index contributed by atoms with van der Waals surface area (Å²) in [5, 5.41) is 4.62. The van der Waals surface area contributed by atoms with Crippen molar-refractivity contribution in [3.63, 3.8) is 0 Å². The number of hydrogen-bond donors (Lipinski definition) is 3. The Kier molecular flexibility index (Phi) is 4.01. The van der Waals surface area contributed by atoms with Gasteiger partial charge in [-0.2, -0.15) is 0 Å². The van der Waals surface area contributed by atoms with E-state index < -0.39 is 0 Å². The van der Waals surface area contributed by atoms with E-state index in [-0.39, 0.29) is 5.91 Å². The van der Waals surface area contributed by atoms with E-state index in [2.05, 4.69) is 10.7 Å². The predicted molar refractivity (Wildman–Crippen MR) is 70.3 cm³/mol. The number of ether oxygens (including phenoxy) is 1. The van der Waals surface area contributed by atoms with Gasteiger partial charge in [-0.3, -0.25) is 4.79 Å². The molecule has 0 radical (unpaired) electrons. The third kappa shape index (κ3) is 2.91. The lowest BCUT2D eigenvalue weighted by Crippen LogP contribution is -2.40. The Morgan fingerprint density at radius 1 is 1.39 bits per heavy atom. The highest BCUT2D eigenvalue weighted by Crippen LogP contribution is 2.21. The van der Waals surface area contributed by atoms with E-state index in [0.29, 0.717) is 24.5 Å². The Morgan fingerprint density at radius 2 is 2.11 bits per heavy atom. The zero-order valence-electron chi connectivity index (χ0n) is 10.4. The number of morpholine rings is 1. The van der Waals surface area contributed by atoms with Crippen LogP contribution in [0, 0.1) is 0 Å². The molecule has 1 aromatic rings. The summed E-state index contributed by atoms with van der Waals surface area (Å²) in [5.41, 5.74) is 11.1. The van der Waals surface area contributed by atoms with Crippen molar-refractivity contribution in [2.24, 2.45) is 0 Å². The molecule has 1 saturated heterocycles. The van der Waals surface area contributed by atoms with Crippen molar-refractivity contribution in [3.8, 4) is 0 Å². The first-order chi connectivity index (χ1) is 8.70. The average molecular weight is 250 g/mol. The molecule has 0 atom stereocenters. The van der Waals surface area contributed by atoms with Gasteiger partial charge in [-0.15, -0.1) is 0 Å². The lowest BCUT2D eigenvalue weighted by Gasteiger charge is -2.28. The molecule has 0 aromatic heterocycles. The van der Waals surface area contributed by atoms with E-state index in [1.165, 1.54) is 0 Å². The normalized spacial score (nSPS) is 16.3. The van der Waals surface area contributed by atoms with Crippen LogP contribution in [0.2, 0.25) is 0 Å². The Bertz CT molecular complexity index is 430. The fourth-order valence-corrected chi connectivity index (χ4v) is 1.78. The van der Waals surface area contributed by atoms with Gasteiger partial charge in [0.05, 0.1) is 24.6 Å². The second kappa shape index (κ2) is 5.70. The molecule has 0 bridgehead atoms. The summed E-state index contributed by atoms with van der Waals surface area (Å²) in [4.78, 5) is 11.6. The maximum absolute atomic E-state index is 11.6. The number of amides is 1. The van der Waals surface area contributed by atoms with Gasteiger partial charge in [-0.05, 0) is 18.2 Å². The van der Waals surface area contributed by atoms with E-state index >= 15 is 0 Å². The molecule has 2 rings (SSSR count). The Labute approximate surface area is 106 Å². The van der Waals surface area contributed by atoms with Crippen LogP contribution >= 0.6 is 0 Å². The molecule has 6 heteroatoms. The number of rotatable bonds is 3. The summed E-state index contributed by atoms with van der Waals surface area (Å²) in [6, 6.07) is 5.19. The first kappa shape index (κ1) is 12.7. The summed E-state index contributed by atoms with van der Waals surface area (Å²) < 4.78 is 5.27. The standard InChI is InChI=1S/C12H18N4O2/c1-14-12(17)9-2-3-10(13)11(8-9)15-16-4-6-18-7-5-16/h2-3,8,15H,4-7,13H2,1H3,(H,14,17). The zero-order valence-corrected chi connectivity index (χ0v) is 10.4. The zero-order chi connectivity index (χ0) is 13.0. The Morgan fingerprint density at radius 3 is 2.78 bits per heavy atom. The molecular formula is C12H18N4O2. The van der Waals surface area contributed by atoms with Crippen LogP contribution in [0.25, 0.3) is 0 Å².